The van der Waals surface area contributed by atoms with Crippen molar-refractivity contribution in [2.45, 2.75) is 31.8 Å². The molecular weight excluding hydrogens is 402 g/mol. The molecule has 2 aliphatic heterocycles. The average molecular weight is 425 g/mol. The van der Waals surface area contributed by atoms with E-state index >= 15 is 0 Å². The molecule has 0 radical (unpaired) electrons. The molecule has 0 spiro atoms. The second kappa shape index (κ2) is 8.21. The van der Waals surface area contributed by atoms with Crippen molar-refractivity contribution < 1.29 is 14.5 Å². The van der Waals surface area contributed by atoms with E-state index in [1.807, 2.05) is 6.07 Å². The van der Waals surface area contributed by atoms with Gasteiger partial charge in [-0.3, -0.25) is 19.7 Å². The van der Waals surface area contributed by atoms with Crippen LogP contribution in [0.3, 0.4) is 0 Å². The Balaban J connectivity index is 1.36. The van der Waals surface area contributed by atoms with E-state index in [1.165, 1.54) is 24.3 Å². The Morgan fingerprint density at radius 3 is 2.58 bits per heavy atom. The van der Waals surface area contributed by atoms with Crippen LogP contribution in [0.1, 0.15) is 25.0 Å². The van der Waals surface area contributed by atoms with Crippen molar-refractivity contribution in [3.63, 3.8) is 0 Å². The van der Waals surface area contributed by atoms with Gasteiger partial charge in [0.15, 0.2) is 0 Å². The van der Waals surface area contributed by atoms with Crippen LogP contribution in [0.25, 0.3) is 0 Å². The number of aromatic nitrogens is 1. The molecule has 3 unspecified atom stereocenters. The predicted molar refractivity (Wildman–Crippen MR) is 113 cm³/mol. The summed E-state index contributed by atoms with van der Waals surface area (Å²) in [6.45, 7) is 3.19. The highest BCUT2D eigenvalue weighted by atomic mass is 16.6. The Kier molecular flexibility index (Phi) is 5.45. The van der Waals surface area contributed by atoms with Crippen LogP contribution in [0.4, 0.5) is 16.2 Å². The number of rotatable bonds is 4. The van der Waals surface area contributed by atoms with Crippen LogP contribution in [0.2, 0.25) is 0 Å². The van der Waals surface area contributed by atoms with Crippen LogP contribution in [0.15, 0.2) is 47.3 Å². The van der Waals surface area contributed by atoms with E-state index in [4.69, 9.17) is 0 Å². The van der Waals surface area contributed by atoms with Gasteiger partial charge in [0.25, 0.3) is 11.2 Å². The lowest BCUT2D eigenvalue weighted by atomic mass is 9.83. The van der Waals surface area contributed by atoms with Gasteiger partial charge < -0.3 is 20.1 Å². The highest BCUT2D eigenvalue weighted by molar-refractivity contribution is 5.96. The molecule has 1 aromatic carbocycles. The lowest BCUT2D eigenvalue weighted by Gasteiger charge is -2.42. The number of carbonyl (C=O) groups excluding carboxylic acids is 2. The smallest absolute Gasteiger partial charge is 0.318 e. The van der Waals surface area contributed by atoms with Crippen LogP contribution in [0.5, 0.6) is 0 Å². The van der Waals surface area contributed by atoms with Crippen LogP contribution < -0.4 is 16.2 Å². The lowest BCUT2D eigenvalue weighted by Crippen LogP contribution is -2.54. The molecule has 3 amide bonds. The minimum absolute atomic E-state index is 0.0124. The van der Waals surface area contributed by atoms with Gasteiger partial charge in [-0.25, -0.2) is 4.79 Å². The number of nitro groups is 1. The van der Waals surface area contributed by atoms with Gasteiger partial charge in [-0.15, -0.1) is 0 Å². The topological polar surface area (TPSA) is 127 Å². The standard InChI is InChI=1S/C21H23N5O5/c1-13(20(28)23-16-5-7-17(8-6-16)26(30)31)22-21(29)24-10-14-9-15(12-24)18-3-2-4-19(27)25(18)11-14/h2-8,13-15H,9-12H2,1H3,(H,22,29)(H,23,28). The Morgan fingerprint density at radius 1 is 1.13 bits per heavy atom. The summed E-state index contributed by atoms with van der Waals surface area (Å²) >= 11 is 0. The number of anilines is 1. The van der Waals surface area contributed by atoms with Crippen LogP contribution in [-0.4, -0.2) is 45.5 Å². The number of urea groups is 1. The first-order chi connectivity index (χ1) is 14.8. The molecule has 2 N–H and O–H groups in total. The van der Waals surface area contributed by atoms with Gasteiger partial charge in [0.1, 0.15) is 6.04 Å². The number of pyridine rings is 1. The normalized spacial score (nSPS) is 20.4. The number of hydrogen-bond acceptors (Lipinski definition) is 5. The summed E-state index contributed by atoms with van der Waals surface area (Å²) in [6, 6.07) is 9.60. The summed E-state index contributed by atoms with van der Waals surface area (Å²) in [4.78, 5) is 49.2. The SMILES string of the molecule is CC(NC(=O)N1CC2CC(C1)c1cccc(=O)n1C2)C(=O)Nc1ccc([N+](=O)[O-])cc1. The van der Waals surface area contributed by atoms with Crippen molar-refractivity contribution in [1.82, 2.24) is 14.8 Å². The molecule has 2 aliphatic rings. The van der Waals surface area contributed by atoms with Crippen molar-refractivity contribution in [3.05, 3.63) is 68.6 Å². The largest absolute Gasteiger partial charge is 0.326 e. The van der Waals surface area contributed by atoms with Crippen molar-refractivity contribution in [2.75, 3.05) is 18.4 Å². The molecule has 31 heavy (non-hydrogen) atoms. The van der Waals surface area contributed by atoms with Crippen molar-refractivity contribution in [2.24, 2.45) is 5.92 Å². The first-order valence-corrected chi connectivity index (χ1v) is 10.1. The average Bonchev–Trinajstić information content (AvgIpc) is 2.74. The Bertz CT molecular complexity index is 1080. The monoisotopic (exact) mass is 425 g/mol. The number of nitrogens with one attached hydrogen (secondary N) is 2. The molecule has 10 heteroatoms. The number of benzene rings is 1. The number of amides is 3. The zero-order valence-corrected chi connectivity index (χ0v) is 17.0. The minimum atomic E-state index is -0.792. The first kappa shape index (κ1) is 20.6. The molecule has 1 aromatic heterocycles. The van der Waals surface area contributed by atoms with E-state index in [-0.39, 0.29) is 29.1 Å². The zero-order chi connectivity index (χ0) is 22.1. The Hall–Kier alpha value is -3.69. The summed E-state index contributed by atoms with van der Waals surface area (Å²) < 4.78 is 1.80. The van der Waals surface area contributed by atoms with Gasteiger partial charge in [-0.2, -0.15) is 0 Å². The predicted octanol–water partition coefficient (Wildman–Crippen LogP) is 1.91. The molecule has 3 atom stereocenters. The number of likely N-dealkylation sites (tertiary alicyclic amines) is 1. The maximum Gasteiger partial charge on any atom is 0.318 e. The number of fused-ring (bicyclic) bond motifs is 4. The van der Waals surface area contributed by atoms with Crippen LogP contribution in [-0.2, 0) is 11.3 Å². The first-order valence-electron chi connectivity index (χ1n) is 10.1. The Morgan fingerprint density at radius 2 is 1.87 bits per heavy atom. The maximum atomic E-state index is 12.8. The number of nitro benzene ring substituents is 1. The number of non-ortho nitro benzene ring substituents is 1. The highest BCUT2D eigenvalue weighted by Gasteiger charge is 2.36. The molecule has 1 fully saturated rings. The molecule has 1 saturated heterocycles. The van der Waals surface area contributed by atoms with Gasteiger partial charge >= 0.3 is 6.03 Å². The Labute approximate surface area is 178 Å². The van der Waals surface area contributed by atoms with Gasteiger partial charge in [0, 0.05) is 55.1 Å². The number of carbonyl (C=O) groups is 2. The highest BCUT2D eigenvalue weighted by Crippen LogP contribution is 2.34. The second-order valence-corrected chi connectivity index (χ2v) is 8.07. The van der Waals surface area contributed by atoms with E-state index in [0.717, 1.165) is 12.1 Å². The van der Waals surface area contributed by atoms with Crippen LogP contribution >= 0.6 is 0 Å². The summed E-state index contributed by atoms with van der Waals surface area (Å²) in [5.41, 5.74) is 1.27. The van der Waals surface area contributed by atoms with E-state index in [9.17, 15) is 24.5 Å². The lowest BCUT2D eigenvalue weighted by molar-refractivity contribution is -0.384. The number of hydrogen-bond donors (Lipinski definition) is 2. The van der Waals surface area contributed by atoms with Gasteiger partial charge in [0.2, 0.25) is 5.91 Å². The fraction of sp³-hybridized carbons (Fsp3) is 0.381. The number of nitrogens with zero attached hydrogens (tertiary/aromatic N) is 3. The summed E-state index contributed by atoms with van der Waals surface area (Å²) in [7, 11) is 0. The molecule has 3 heterocycles. The van der Waals surface area contributed by atoms with Crippen molar-refractivity contribution >= 4 is 23.3 Å². The molecule has 10 nitrogen and oxygen atoms in total. The van der Waals surface area contributed by atoms with Gasteiger partial charge in [-0.05, 0) is 37.5 Å². The fourth-order valence-electron chi connectivity index (χ4n) is 4.32. The molecular formula is C21H23N5O5. The van der Waals surface area contributed by atoms with Crippen LogP contribution in [0, 0.1) is 16.0 Å². The third kappa shape index (κ3) is 4.27. The molecule has 162 valence electrons. The van der Waals surface area contributed by atoms with Crippen molar-refractivity contribution in [1.29, 1.82) is 0 Å². The third-order valence-corrected chi connectivity index (χ3v) is 5.85. The van der Waals surface area contributed by atoms with E-state index in [0.29, 0.717) is 25.3 Å². The molecule has 2 bridgehead atoms. The number of piperidine rings is 1. The second-order valence-electron chi connectivity index (χ2n) is 8.07. The zero-order valence-electron chi connectivity index (χ0n) is 17.0. The third-order valence-electron chi connectivity index (χ3n) is 5.85. The fourth-order valence-corrected chi connectivity index (χ4v) is 4.32. The molecule has 2 aromatic rings. The molecule has 4 rings (SSSR count). The molecule has 0 aliphatic carbocycles. The minimum Gasteiger partial charge on any atom is -0.326 e. The maximum absolute atomic E-state index is 12.8. The summed E-state index contributed by atoms with van der Waals surface area (Å²) in [5, 5.41) is 16.1. The van der Waals surface area contributed by atoms with Gasteiger partial charge in [0.05, 0.1) is 4.92 Å². The van der Waals surface area contributed by atoms with E-state index in [2.05, 4.69) is 10.6 Å². The molecule has 0 saturated carbocycles. The quantitative estimate of drug-likeness (QED) is 0.572. The summed E-state index contributed by atoms with van der Waals surface area (Å²) in [5.74, 6) is -0.131. The summed E-state index contributed by atoms with van der Waals surface area (Å²) in [6.07, 6.45) is 0.934. The van der Waals surface area contributed by atoms with Gasteiger partial charge in [-0.1, -0.05) is 6.07 Å². The van der Waals surface area contributed by atoms with Crippen molar-refractivity contribution in [3.8, 4) is 0 Å². The van der Waals surface area contributed by atoms with E-state index < -0.39 is 16.9 Å². The van der Waals surface area contributed by atoms with E-state index in [1.54, 1.807) is 28.5 Å².